The zero-order chi connectivity index (χ0) is 9.68. The minimum atomic E-state index is -0.413. The Kier molecular flexibility index (Phi) is 6.30. The fourth-order valence-corrected chi connectivity index (χ4v) is 0.858. The van der Waals surface area contributed by atoms with Gasteiger partial charge in [0.2, 0.25) is 0 Å². The smallest absolute Gasteiger partial charge is 0.339 e. The fourth-order valence-electron chi connectivity index (χ4n) is 0.858. The van der Waals surface area contributed by atoms with Gasteiger partial charge in [-0.2, -0.15) is 0 Å². The summed E-state index contributed by atoms with van der Waals surface area (Å²) in [5.41, 5.74) is 0.400. The molecule has 0 radical (unpaired) electrons. The number of aliphatic hydroxyl groups excluding tert-OH is 1. The molecule has 0 unspecified atom stereocenters. The fraction of sp³-hybridized carbons (Fsp3) is 0.375. The molecule has 0 bridgehead atoms. The van der Waals surface area contributed by atoms with Crippen molar-refractivity contribution in [1.82, 2.24) is 5.10 Å². The molecule has 0 aliphatic rings. The minimum absolute atomic E-state index is 0. The number of methoxy groups -OCH3 is 1. The zero-order valence-corrected chi connectivity index (χ0v) is 9.84. The quantitative estimate of drug-likeness (QED) is 0.353. The molecular weight excluding hydrogens is 299 g/mol. The second-order valence-corrected chi connectivity index (χ2v) is 2.39. The van der Waals surface area contributed by atoms with Crippen LogP contribution in [-0.2, 0) is 11.3 Å². The van der Waals surface area contributed by atoms with Crippen molar-refractivity contribution in [3.8, 4) is 0 Å². The van der Waals surface area contributed by atoms with Gasteiger partial charge in [-0.05, 0) is 5.10 Å². The first-order valence-electron chi connectivity index (χ1n) is 3.83. The third-order valence-electron chi connectivity index (χ3n) is 1.52. The highest BCUT2D eigenvalue weighted by Crippen LogP contribution is 1.94. The van der Waals surface area contributed by atoms with Crippen molar-refractivity contribution in [3.05, 3.63) is 24.0 Å². The number of carbonyl (C=O) groups excluding carboxylic acids is 1. The van der Waals surface area contributed by atoms with Crippen molar-refractivity contribution in [2.24, 2.45) is 0 Å². The maximum Gasteiger partial charge on any atom is 0.339 e. The molecule has 6 heteroatoms. The molecule has 0 fully saturated rings. The number of carbonyl (C=O) groups is 1. The third-order valence-corrected chi connectivity index (χ3v) is 1.52. The molecule has 78 valence electrons. The van der Waals surface area contributed by atoms with Crippen molar-refractivity contribution in [2.75, 3.05) is 13.7 Å². The lowest BCUT2D eigenvalue weighted by atomic mass is 10.3. The van der Waals surface area contributed by atoms with E-state index >= 15 is 0 Å². The summed E-state index contributed by atoms with van der Waals surface area (Å²) in [6.45, 7) is 0.441. The number of hydrogen-bond acceptors (Lipinski definition) is 4. The largest absolute Gasteiger partial charge is 1.00 e. The second kappa shape index (κ2) is 6.66. The Morgan fingerprint density at radius 1 is 1.71 bits per heavy atom. The van der Waals surface area contributed by atoms with Gasteiger partial charge >= 0.3 is 5.97 Å². The molecule has 1 rings (SSSR count). The van der Waals surface area contributed by atoms with Crippen LogP contribution < -0.4 is 28.7 Å². The number of rotatable bonds is 3. The molecule has 0 aliphatic carbocycles. The van der Waals surface area contributed by atoms with Crippen LogP contribution >= 0.6 is 0 Å². The molecule has 14 heavy (non-hydrogen) atoms. The van der Waals surface area contributed by atoms with Crippen molar-refractivity contribution in [3.63, 3.8) is 0 Å². The van der Waals surface area contributed by atoms with Gasteiger partial charge in [-0.25, -0.2) is 4.79 Å². The molecular formula is C8H11IN2O3. The van der Waals surface area contributed by atoms with Crippen molar-refractivity contribution < 1.29 is 43.3 Å². The van der Waals surface area contributed by atoms with Gasteiger partial charge in [0.1, 0.15) is 12.8 Å². The van der Waals surface area contributed by atoms with E-state index in [4.69, 9.17) is 5.11 Å². The first kappa shape index (κ1) is 13.2. The van der Waals surface area contributed by atoms with Gasteiger partial charge in [-0.3, -0.25) is 0 Å². The van der Waals surface area contributed by atoms with Crippen LogP contribution in [0.15, 0.2) is 18.5 Å². The first-order chi connectivity index (χ1) is 6.27. The minimum Gasteiger partial charge on any atom is -1.00 e. The van der Waals surface area contributed by atoms with Crippen molar-refractivity contribution >= 4 is 5.97 Å². The van der Waals surface area contributed by atoms with Gasteiger partial charge in [0.05, 0.1) is 12.7 Å². The number of hydrogen-bond donors (Lipinski definition) is 1. The molecule has 0 saturated heterocycles. The predicted octanol–water partition coefficient (Wildman–Crippen LogP) is -3.85. The number of halogens is 1. The average molecular weight is 310 g/mol. The molecule has 1 heterocycles. The van der Waals surface area contributed by atoms with E-state index in [2.05, 4.69) is 9.84 Å². The number of aliphatic hydroxyl groups is 1. The molecule has 1 N–H and O–H groups in total. The molecule has 0 amide bonds. The Labute approximate surface area is 98.7 Å². The molecule has 0 aliphatic heterocycles. The maximum absolute atomic E-state index is 11.0. The summed E-state index contributed by atoms with van der Waals surface area (Å²) in [5, 5.41) is 12.5. The van der Waals surface area contributed by atoms with E-state index in [-0.39, 0.29) is 30.6 Å². The number of esters is 1. The highest BCUT2D eigenvalue weighted by Gasteiger charge is 2.08. The van der Waals surface area contributed by atoms with Crippen molar-refractivity contribution in [1.29, 1.82) is 0 Å². The molecule has 0 atom stereocenters. The van der Waals surface area contributed by atoms with Crippen LogP contribution in [0.25, 0.3) is 0 Å². The van der Waals surface area contributed by atoms with Gasteiger partial charge < -0.3 is 33.8 Å². The van der Waals surface area contributed by atoms with E-state index in [1.54, 1.807) is 12.3 Å². The van der Waals surface area contributed by atoms with Crippen molar-refractivity contribution in [2.45, 2.75) is 6.54 Å². The van der Waals surface area contributed by atoms with Gasteiger partial charge in [-0.15, -0.1) is 0 Å². The Balaban J connectivity index is 0.00000169. The van der Waals surface area contributed by atoms with Gasteiger partial charge in [0, 0.05) is 6.07 Å². The number of aromatic nitrogens is 2. The van der Waals surface area contributed by atoms with E-state index in [1.165, 1.54) is 18.0 Å². The summed E-state index contributed by atoms with van der Waals surface area (Å²) < 4.78 is 6.03. The Morgan fingerprint density at radius 3 is 2.86 bits per heavy atom. The lowest BCUT2D eigenvalue weighted by molar-refractivity contribution is -0.754. The number of ether oxygens (including phenoxy) is 1. The molecule has 0 spiro atoms. The summed E-state index contributed by atoms with van der Waals surface area (Å²) in [5.74, 6) is -0.413. The topological polar surface area (TPSA) is 63.3 Å². The van der Waals surface area contributed by atoms with Crippen LogP contribution in [0, 0.1) is 0 Å². The molecule has 0 aromatic carbocycles. The van der Waals surface area contributed by atoms with Crippen LogP contribution in [-0.4, -0.2) is 29.9 Å². The average Bonchev–Trinajstić information content (AvgIpc) is 2.18. The molecule has 5 nitrogen and oxygen atoms in total. The highest BCUT2D eigenvalue weighted by atomic mass is 127. The summed E-state index contributed by atoms with van der Waals surface area (Å²) in [4.78, 5) is 11.0. The Morgan fingerprint density at radius 2 is 2.43 bits per heavy atom. The summed E-state index contributed by atoms with van der Waals surface area (Å²) in [6.07, 6.45) is 3.02. The summed E-state index contributed by atoms with van der Waals surface area (Å²) in [6, 6.07) is 1.59. The summed E-state index contributed by atoms with van der Waals surface area (Å²) >= 11 is 0. The predicted molar refractivity (Wildman–Crippen MR) is 42.9 cm³/mol. The standard InChI is InChI=1S/C8H11N2O3.HI/c1-13-8(12)7-2-3-10(4-5-11)9-6-7;/h2-3,6,11H,4-5H2,1H3;1H/q+1;/p-1. The highest BCUT2D eigenvalue weighted by molar-refractivity contribution is 5.88. The Bertz CT molecular complexity index is 289. The number of nitrogens with zero attached hydrogens (tertiary/aromatic N) is 2. The van der Waals surface area contributed by atoms with Gasteiger partial charge in [-0.1, -0.05) is 4.68 Å². The normalized spacial score (nSPS) is 9.00. The SMILES string of the molecule is COC(=O)c1cc[n+](CCO)nc1.[I-]. The van der Waals surface area contributed by atoms with Gasteiger partial charge in [0.25, 0.3) is 0 Å². The lowest BCUT2D eigenvalue weighted by Crippen LogP contribution is -3.00. The second-order valence-electron chi connectivity index (χ2n) is 2.39. The lowest BCUT2D eigenvalue weighted by Gasteiger charge is -1.95. The van der Waals surface area contributed by atoms with E-state index in [0.717, 1.165) is 0 Å². The van der Waals surface area contributed by atoms with Crippen LogP contribution in [0.5, 0.6) is 0 Å². The monoisotopic (exact) mass is 310 g/mol. The molecule has 1 aromatic heterocycles. The van der Waals surface area contributed by atoms with E-state index in [9.17, 15) is 4.79 Å². The summed E-state index contributed by atoms with van der Waals surface area (Å²) in [7, 11) is 1.32. The van der Waals surface area contributed by atoms with Crippen LogP contribution in [0.1, 0.15) is 10.4 Å². The first-order valence-corrected chi connectivity index (χ1v) is 3.83. The molecule has 0 saturated carbocycles. The van der Waals surface area contributed by atoms with Crippen LogP contribution in [0.2, 0.25) is 0 Å². The van der Waals surface area contributed by atoms with Crippen LogP contribution in [0.3, 0.4) is 0 Å². The van der Waals surface area contributed by atoms with E-state index < -0.39 is 5.97 Å². The zero-order valence-electron chi connectivity index (χ0n) is 7.68. The van der Waals surface area contributed by atoms with Gasteiger partial charge in [0.15, 0.2) is 12.7 Å². The van der Waals surface area contributed by atoms with E-state index in [0.29, 0.717) is 12.1 Å². The maximum atomic E-state index is 11.0. The third kappa shape index (κ3) is 3.54. The Hall–Kier alpha value is -0.760. The molecule has 1 aromatic rings. The van der Waals surface area contributed by atoms with Crippen LogP contribution in [0.4, 0.5) is 0 Å². The van der Waals surface area contributed by atoms with E-state index in [1.807, 2.05) is 0 Å².